The van der Waals surface area contributed by atoms with E-state index in [9.17, 15) is 4.79 Å². The van der Waals surface area contributed by atoms with Crippen molar-refractivity contribution < 1.29 is 9.90 Å². The van der Waals surface area contributed by atoms with Gasteiger partial charge in [-0.15, -0.1) is 0 Å². The molecule has 114 valence electrons. The average molecular weight is 287 g/mol. The molecule has 0 unspecified atom stereocenters. The number of carbonyl (C=O) groups is 1. The first-order valence-corrected chi connectivity index (χ1v) is 7.38. The van der Waals surface area contributed by atoms with Gasteiger partial charge in [0.15, 0.2) is 0 Å². The summed E-state index contributed by atoms with van der Waals surface area (Å²) in [5, 5.41) is 11.7. The number of rotatable bonds is 5. The minimum absolute atomic E-state index is 0.0539. The van der Waals surface area contributed by atoms with E-state index in [2.05, 4.69) is 37.9 Å². The smallest absolute Gasteiger partial charge is 0.251 e. The molecule has 0 radical (unpaired) electrons. The molecule has 1 amide bonds. The fraction of sp³-hybridized carbons (Fsp3) is 0.500. The molecule has 3 nitrogen and oxygen atoms in total. The van der Waals surface area contributed by atoms with Crippen LogP contribution in [0, 0.1) is 24.2 Å². The molecule has 0 bridgehead atoms. The number of hydrogen-bond acceptors (Lipinski definition) is 2. The predicted molar refractivity (Wildman–Crippen MR) is 86.2 cm³/mol. The summed E-state index contributed by atoms with van der Waals surface area (Å²) in [6, 6.07) is 5.54. The Balaban J connectivity index is 2.82. The zero-order valence-electron chi connectivity index (χ0n) is 13.4. The summed E-state index contributed by atoms with van der Waals surface area (Å²) in [6.07, 6.45) is 1.46. The van der Waals surface area contributed by atoms with Crippen LogP contribution in [0.25, 0.3) is 0 Å². The van der Waals surface area contributed by atoms with E-state index in [0.29, 0.717) is 18.5 Å². The van der Waals surface area contributed by atoms with E-state index in [1.807, 2.05) is 25.1 Å². The minimum Gasteiger partial charge on any atom is -0.395 e. The van der Waals surface area contributed by atoms with Crippen LogP contribution >= 0.6 is 0 Å². The van der Waals surface area contributed by atoms with Gasteiger partial charge in [0, 0.05) is 24.1 Å². The Kier molecular flexibility index (Phi) is 6.45. The van der Waals surface area contributed by atoms with E-state index in [4.69, 9.17) is 5.11 Å². The van der Waals surface area contributed by atoms with Gasteiger partial charge in [-0.3, -0.25) is 4.79 Å². The number of aryl methyl sites for hydroxylation is 1. The van der Waals surface area contributed by atoms with Crippen LogP contribution in [0.3, 0.4) is 0 Å². The van der Waals surface area contributed by atoms with Crippen molar-refractivity contribution in [1.82, 2.24) is 5.32 Å². The van der Waals surface area contributed by atoms with E-state index in [-0.39, 0.29) is 17.9 Å². The lowest BCUT2D eigenvalue weighted by Crippen LogP contribution is -2.33. The third kappa shape index (κ3) is 5.61. The maximum Gasteiger partial charge on any atom is 0.251 e. The van der Waals surface area contributed by atoms with Gasteiger partial charge in [-0.2, -0.15) is 0 Å². The van der Waals surface area contributed by atoms with Crippen molar-refractivity contribution in [1.29, 1.82) is 0 Å². The second kappa shape index (κ2) is 7.85. The Labute approximate surface area is 127 Å². The molecule has 0 saturated carbocycles. The third-order valence-electron chi connectivity index (χ3n) is 3.64. The molecular weight excluding hydrogens is 262 g/mol. The Bertz CT molecular complexity index is 550. The molecule has 0 aromatic heterocycles. The van der Waals surface area contributed by atoms with Crippen molar-refractivity contribution in [2.45, 2.75) is 40.5 Å². The van der Waals surface area contributed by atoms with Crippen molar-refractivity contribution in [2.24, 2.45) is 5.41 Å². The highest BCUT2D eigenvalue weighted by atomic mass is 16.2. The van der Waals surface area contributed by atoms with Crippen LogP contribution in [-0.4, -0.2) is 24.2 Å². The molecule has 1 aromatic carbocycles. The van der Waals surface area contributed by atoms with Gasteiger partial charge in [0.25, 0.3) is 5.91 Å². The zero-order valence-corrected chi connectivity index (χ0v) is 13.4. The summed E-state index contributed by atoms with van der Waals surface area (Å²) >= 11 is 0. The second-order valence-electron chi connectivity index (χ2n) is 6.01. The molecule has 2 N–H and O–H groups in total. The first-order chi connectivity index (χ1) is 9.89. The largest absolute Gasteiger partial charge is 0.395 e. The lowest BCUT2D eigenvalue weighted by atomic mass is 9.90. The topological polar surface area (TPSA) is 49.3 Å². The summed E-state index contributed by atoms with van der Waals surface area (Å²) in [5.74, 6) is 5.83. The van der Waals surface area contributed by atoms with Crippen molar-refractivity contribution in [3.8, 4) is 11.8 Å². The normalized spacial score (nSPS) is 10.7. The molecular formula is C18H25NO2. The van der Waals surface area contributed by atoms with Gasteiger partial charge in [0.2, 0.25) is 0 Å². The van der Waals surface area contributed by atoms with Gasteiger partial charge in [0.05, 0.1) is 6.61 Å². The van der Waals surface area contributed by atoms with E-state index < -0.39 is 0 Å². The molecule has 0 fully saturated rings. The van der Waals surface area contributed by atoms with Crippen LogP contribution in [0.4, 0.5) is 0 Å². The summed E-state index contributed by atoms with van der Waals surface area (Å²) in [4.78, 5) is 12.2. The number of nitrogens with one attached hydrogen (secondary N) is 1. The van der Waals surface area contributed by atoms with E-state index >= 15 is 0 Å². The summed E-state index contributed by atoms with van der Waals surface area (Å²) in [5.41, 5.74) is 2.60. The van der Waals surface area contributed by atoms with Crippen molar-refractivity contribution in [2.75, 3.05) is 13.2 Å². The highest BCUT2D eigenvalue weighted by molar-refractivity contribution is 5.94. The number of benzene rings is 1. The van der Waals surface area contributed by atoms with Crippen LogP contribution in [0.1, 0.15) is 55.1 Å². The molecule has 0 heterocycles. The molecule has 1 rings (SSSR count). The quantitative estimate of drug-likeness (QED) is 0.818. The molecule has 0 spiro atoms. The molecule has 3 heteroatoms. The van der Waals surface area contributed by atoms with Gasteiger partial charge in [-0.25, -0.2) is 0 Å². The Morgan fingerprint density at radius 1 is 1.38 bits per heavy atom. The molecule has 0 aliphatic rings. The SMILES string of the molecule is CCC(C)(C)CNC(=O)c1ccc(C)c(C#CCCO)c1. The Morgan fingerprint density at radius 2 is 2.10 bits per heavy atom. The van der Waals surface area contributed by atoms with Crippen LogP contribution < -0.4 is 5.32 Å². The van der Waals surface area contributed by atoms with Crippen LogP contribution in [0.5, 0.6) is 0 Å². The standard InChI is InChI=1S/C18H25NO2/c1-5-18(3,4)13-19-17(21)16-10-9-14(2)15(12-16)8-6-7-11-20/h9-10,12,20H,5,7,11,13H2,1-4H3,(H,19,21). The number of aliphatic hydroxyl groups is 1. The summed E-state index contributed by atoms with van der Waals surface area (Å²) in [6.45, 7) is 9.06. The van der Waals surface area contributed by atoms with Gasteiger partial charge in [0.1, 0.15) is 0 Å². The van der Waals surface area contributed by atoms with Crippen molar-refractivity contribution in [3.63, 3.8) is 0 Å². The number of carbonyl (C=O) groups excluding carboxylic acids is 1. The molecule has 0 atom stereocenters. The highest BCUT2D eigenvalue weighted by Gasteiger charge is 2.16. The Hall–Kier alpha value is -1.79. The van der Waals surface area contributed by atoms with E-state index in [1.165, 1.54) is 0 Å². The number of amides is 1. The molecule has 21 heavy (non-hydrogen) atoms. The van der Waals surface area contributed by atoms with Gasteiger partial charge < -0.3 is 10.4 Å². The monoisotopic (exact) mass is 287 g/mol. The molecule has 0 saturated heterocycles. The number of aliphatic hydroxyl groups excluding tert-OH is 1. The zero-order chi connectivity index (χ0) is 15.9. The highest BCUT2D eigenvalue weighted by Crippen LogP contribution is 2.18. The van der Waals surface area contributed by atoms with Crippen molar-refractivity contribution >= 4 is 5.91 Å². The fourth-order valence-corrected chi connectivity index (χ4v) is 1.66. The summed E-state index contributed by atoms with van der Waals surface area (Å²) in [7, 11) is 0. The van der Waals surface area contributed by atoms with Gasteiger partial charge in [-0.05, 0) is 36.5 Å². The average Bonchev–Trinajstić information content (AvgIpc) is 2.47. The molecule has 0 aliphatic carbocycles. The lowest BCUT2D eigenvalue weighted by Gasteiger charge is -2.22. The predicted octanol–water partition coefficient (Wildman–Crippen LogP) is 2.89. The maximum atomic E-state index is 12.2. The van der Waals surface area contributed by atoms with E-state index in [0.717, 1.165) is 17.5 Å². The summed E-state index contributed by atoms with van der Waals surface area (Å²) < 4.78 is 0. The Morgan fingerprint density at radius 3 is 2.71 bits per heavy atom. The second-order valence-corrected chi connectivity index (χ2v) is 6.01. The maximum absolute atomic E-state index is 12.2. The first-order valence-electron chi connectivity index (χ1n) is 7.38. The van der Waals surface area contributed by atoms with Crippen LogP contribution in [-0.2, 0) is 0 Å². The van der Waals surface area contributed by atoms with Gasteiger partial charge in [-0.1, -0.05) is 38.7 Å². The molecule has 1 aromatic rings. The fourth-order valence-electron chi connectivity index (χ4n) is 1.66. The minimum atomic E-state index is -0.0678. The van der Waals surface area contributed by atoms with Crippen LogP contribution in [0.2, 0.25) is 0 Å². The molecule has 0 aliphatic heterocycles. The first kappa shape index (κ1) is 17.3. The third-order valence-corrected chi connectivity index (χ3v) is 3.64. The van der Waals surface area contributed by atoms with Crippen molar-refractivity contribution in [3.05, 3.63) is 34.9 Å². The van der Waals surface area contributed by atoms with Gasteiger partial charge >= 0.3 is 0 Å². The van der Waals surface area contributed by atoms with Crippen LogP contribution in [0.15, 0.2) is 18.2 Å². The lowest BCUT2D eigenvalue weighted by molar-refractivity contribution is 0.0935. The number of hydrogen-bond donors (Lipinski definition) is 2. The van der Waals surface area contributed by atoms with E-state index in [1.54, 1.807) is 0 Å².